The largest absolute Gasteiger partial charge is 0.481 e. The first-order valence-electron chi connectivity index (χ1n) is 45.7. The van der Waals surface area contributed by atoms with Crippen LogP contribution in [0.2, 0.25) is 0 Å². The van der Waals surface area contributed by atoms with Crippen LogP contribution in [0.15, 0.2) is 329 Å². The fourth-order valence-electron chi connectivity index (χ4n) is 20.8. The Morgan fingerprint density at radius 1 is 0.255 bits per heavy atom. The first kappa shape index (κ1) is 92.8. The number of rotatable bonds is 24. The SMILES string of the molecule is CN(C)c1cc(C2C(c3ccccc3)C(c3cc(N(C)C)nc(N(C)C)n3)C2c2ccccc2)nc(N(C)C)n1.COc1cc(C2[C@@H](c3ccccc3)C(c3cc(=O)[nH]c(=O)[nH]3)[C@@H]2c2ccccc2)nc(OC)n1.COc1cc(C2[C@@H](c3ccccc3)C(c3cc(=O)[nH]c(=O)[nH]3)[C@@H]2c2ccccc2)nc(OC)n1.Cc1nccc(C2[C@@H](c3ccccc3)C(c3ccncn3)[C@@H]2c2ccccc2)n1. The Kier molecular flexibility index (Phi) is 28.2. The number of methoxy groups -OCH3 is 4. The fourth-order valence-corrected chi connectivity index (χ4v) is 20.8. The van der Waals surface area contributed by atoms with E-state index in [1.54, 1.807) is 20.5 Å². The number of benzene rings is 8. The number of nitrogens with zero attached hydrogens (tertiary/aromatic N) is 16. The quantitative estimate of drug-likeness (QED) is 0.0436. The van der Waals surface area contributed by atoms with Gasteiger partial charge in [-0.05, 0) is 63.6 Å². The maximum Gasteiger partial charge on any atom is 0.325 e. The molecule has 694 valence electrons. The van der Waals surface area contributed by atoms with E-state index < -0.39 is 22.5 Å². The summed E-state index contributed by atoms with van der Waals surface area (Å²) in [6, 6.07) is 98.9. The molecule has 4 aliphatic carbocycles. The van der Waals surface area contributed by atoms with E-state index in [1.165, 1.54) is 48.6 Å². The van der Waals surface area contributed by atoms with Crippen molar-refractivity contribution in [1.82, 2.24) is 79.7 Å². The van der Waals surface area contributed by atoms with E-state index >= 15 is 0 Å². The Morgan fingerprint density at radius 3 is 0.803 bits per heavy atom. The van der Waals surface area contributed by atoms with Gasteiger partial charge < -0.3 is 48.5 Å². The molecule has 8 aromatic heterocycles. The molecule has 4 saturated carbocycles. The number of ether oxygens (including phenoxy) is 4. The molecular weight excluding hydrogens is 1720 g/mol. The molecule has 6 atom stereocenters. The van der Waals surface area contributed by atoms with Crippen LogP contribution in [0.5, 0.6) is 23.8 Å². The number of hydrogen-bond acceptors (Lipinski definition) is 24. The first-order chi connectivity index (χ1) is 66.6. The summed E-state index contributed by atoms with van der Waals surface area (Å²) in [5.41, 5.74) is 14.7. The van der Waals surface area contributed by atoms with Gasteiger partial charge in [-0.3, -0.25) is 19.6 Å². The predicted octanol–water partition coefficient (Wildman–Crippen LogP) is 16.6. The molecule has 0 amide bonds. The van der Waals surface area contributed by atoms with Crippen molar-refractivity contribution in [2.45, 2.75) is 102 Å². The average molecular weight is 1830 g/mol. The summed E-state index contributed by atoms with van der Waals surface area (Å²) in [4.78, 5) is 123. The summed E-state index contributed by atoms with van der Waals surface area (Å²) in [6.07, 6.45) is 5.37. The third-order valence-corrected chi connectivity index (χ3v) is 26.7. The zero-order chi connectivity index (χ0) is 95.5. The maximum atomic E-state index is 12.2. The smallest absolute Gasteiger partial charge is 0.325 e. The van der Waals surface area contributed by atoms with E-state index in [0.29, 0.717) is 35.0 Å². The van der Waals surface area contributed by atoms with Gasteiger partial charge in [0.25, 0.3) is 11.1 Å². The molecule has 8 aromatic carbocycles. The van der Waals surface area contributed by atoms with Crippen molar-refractivity contribution in [3.63, 3.8) is 0 Å². The Hall–Kier alpha value is -16.0. The topological polar surface area (TPSA) is 336 Å². The van der Waals surface area contributed by atoms with E-state index in [0.717, 1.165) is 85.8 Å². The molecule has 4 aliphatic rings. The van der Waals surface area contributed by atoms with E-state index in [1.807, 2.05) is 170 Å². The van der Waals surface area contributed by atoms with E-state index in [2.05, 4.69) is 259 Å². The van der Waals surface area contributed by atoms with Crippen LogP contribution in [0.1, 0.15) is 191 Å². The second kappa shape index (κ2) is 41.6. The van der Waals surface area contributed by atoms with Crippen molar-refractivity contribution in [3.05, 3.63) is 447 Å². The van der Waals surface area contributed by atoms with Crippen molar-refractivity contribution in [1.29, 1.82) is 0 Å². The highest BCUT2D eigenvalue weighted by atomic mass is 16.5. The molecule has 0 bridgehead atoms. The molecule has 28 nitrogen and oxygen atoms in total. The number of H-pyrrole nitrogens is 4. The normalized spacial score (nSPS) is 21.4. The highest BCUT2D eigenvalue weighted by Gasteiger charge is 2.59. The molecule has 4 fully saturated rings. The van der Waals surface area contributed by atoms with E-state index in [-0.39, 0.29) is 94.9 Å². The van der Waals surface area contributed by atoms with Crippen LogP contribution in [0.3, 0.4) is 0 Å². The number of aromatic amines is 4. The van der Waals surface area contributed by atoms with Gasteiger partial charge in [0.2, 0.25) is 23.7 Å². The standard InChI is InChI=1S/C32H40N8.2C26H24N4O4.C25H22N4/c1-37(2)25-19-23(33-31(35-25)39(5)6)29-27(21-15-11-9-12-16-21)30(28(29)22-17-13-10-14-18-22)24-20-26(38(3)4)36-32(34-24)40(7)8;2*1-33-20-14-18(28-26(30-20)34-2)24-21(15-9-5-3-6-10-15)23(17-13-19(31)29-25(32)27-17)22(24)16-11-7-4-8-12-16;1-17-27-15-13-21(29-17)25-22(18-8-4-2-5-9-18)24(20-12-14-26-16-28-20)23(25)19-10-6-3-7-11-19/h9-20,27-30H,1-8H3;2*3-14,21-24H,1-2H3,(H2,27,29,31,32);2-16,22-25H,1H3/t;2*21-,22-,23?,24?;22-,23-,24?,25?/m.000/s1. The summed E-state index contributed by atoms with van der Waals surface area (Å²) in [5, 5.41) is 0. The third-order valence-electron chi connectivity index (χ3n) is 26.7. The third kappa shape index (κ3) is 19.9. The van der Waals surface area contributed by atoms with Crippen LogP contribution in [-0.4, -0.2) is 165 Å². The molecule has 0 spiro atoms. The molecule has 0 aliphatic heterocycles. The van der Waals surface area contributed by atoms with Gasteiger partial charge in [-0.25, -0.2) is 39.5 Å². The lowest BCUT2D eigenvalue weighted by Crippen LogP contribution is -2.42. The van der Waals surface area contributed by atoms with Crippen molar-refractivity contribution >= 4 is 23.5 Å². The molecule has 0 saturated heterocycles. The number of nitrogens with one attached hydrogen (secondary N) is 4. The van der Waals surface area contributed by atoms with E-state index in [9.17, 15) is 19.2 Å². The first-order valence-corrected chi connectivity index (χ1v) is 45.7. The Labute approximate surface area is 795 Å². The molecule has 16 aromatic rings. The lowest BCUT2D eigenvalue weighted by molar-refractivity contribution is 0.216. The zero-order valence-corrected chi connectivity index (χ0v) is 78.6. The maximum absolute atomic E-state index is 12.2. The van der Waals surface area contributed by atoms with Crippen LogP contribution in [0.4, 0.5) is 23.5 Å². The van der Waals surface area contributed by atoms with Gasteiger partial charge in [0, 0.05) is 223 Å². The summed E-state index contributed by atoms with van der Waals surface area (Å²) < 4.78 is 21.5. The Morgan fingerprint density at radius 2 is 0.540 bits per heavy atom. The highest BCUT2D eigenvalue weighted by molar-refractivity contribution is 5.56. The van der Waals surface area contributed by atoms with Crippen molar-refractivity contribution in [2.24, 2.45) is 0 Å². The summed E-state index contributed by atoms with van der Waals surface area (Å²) in [7, 11) is 22.3. The van der Waals surface area contributed by atoms with Crippen LogP contribution in [0.25, 0.3) is 0 Å². The van der Waals surface area contributed by atoms with E-state index in [4.69, 9.17) is 43.9 Å². The molecule has 8 heterocycles. The van der Waals surface area contributed by atoms with Gasteiger partial charge in [0.05, 0.1) is 51.2 Å². The van der Waals surface area contributed by atoms with Gasteiger partial charge in [0.15, 0.2) is 0 Å². The minimum atomic E-state index is -0.519. The minimum Gasteiger partial charge on any atom is -0.481 e. The summed E-state index contributed by atoms with van der Waals surface area (Å²) in [5.74, 6) is 5.90. The van der Waals surface area contributed by atoms with Crippen molar-refractivity contribution < 1.29 is 18.9 Å². The molecule has 4 N–H and O–H groups in total. The second-order valence-electron chi connectivity index (χ2n) is 35.6. The molecular formula is C109H110N20O8. The van der Waals surface area contributed by atoms with Crippen molar-refractivity contribution in [2.75, 3.05) is 104 Å². The monoisotopic (exact) mass is 1830 g/mol. The predicted molar refractivity (Wildman–Crippen MR) is 531 cm³/mol. The van der Waals surface area contributed by atoms with Gasteiger partial charge in [-0.2, -0.15) is 29.9 Å². The van der Waals surface area contributed by atoms with Crippen LogP contribution >= 0.6 is 0 Å². The molecule has 137 heavy (non-hydrogen) atoms. The highest BCUT2D eigenvalue weighted by Crippen LogP contribution is 2.70. The Balaban J connectivity index is 0.000000127. The zero-order valence-electron chi connectivity index (χ0n) is 78.6. The summed E-state index contributed by atoms with van der Waals surface area (Å²) >= 11 is 0. The minimum absolute atomic E-state index is 0.0619. The van der Waals surface area contributed by atoms with Crippen molar-refractivity contribution in [3.8, 4) is 23.8 Å². The number of aromatic nitrogens is 16. The average Bonchev–Trinajstić information content (AvgIpc) is 0.723. The van der Waals surface area contributed by atoms with Gasteiger partial charge >= 0.3 is 23.4 Å². The van der Waals surface area contributed by atoms with Gasteiger partial charge in [-0.15, -0.1) is 0 Å². The lowest BCUT2D eigenvalue weighted by atomic mass is 9.50. The Bertz CT molecular complexity index is 6370. The van der Waals surface area contributed by atoms with Gasteiger partial charge in [0.1, 0.15) is 23.8 Å². The number of hydrogen-bond donors (Lipinski definition) is 4. The second-order valence-corrected chi connectivity index (χ2v) is 35.6. The van der Waals surface area contributed by atoms with Gasteiger partial charge in [-0.1, -0.05) is 243 Å². The lowest BCUT2D eigenvalue weighted by Gasteiger charge is -2.52. The summed E-state index contributed by atoms with van der Waals surface area (Å²) in [6.45, 7) is 1.96. The fraction of sp³-hybridized carbons (Fsp3) is 0.266. The van der Waals surface area contributed by atoms with Crippen LogP contribution in [-0.2, 0) is 0 Å². The molecule has 0 unspecified atom stereocenters. The molecule has 20 rings (SSSR count). The van der Waals surface area contributed by atoms with Crippen LogP contribution < -0.4 is 61.0 Å². The molecule has 28 heteroatoms. The van der Waals surface area contributed by atoms with Crippen LogP contribution in [0, 0.1) is 6.92 Å². The number of anilines is 4. The number of aryl methyl sites for hydroxylation is 1. The molecule has 0 radical (unpaired) electrons.